The number of aromatic nitrogens is 1. The Hall–Kier alpha value is -3.47. The van der Waals surface area contributed by atoms with E-state index in [2.05, 4.69) is 10.3 Å². The van der Waals surface area contributed by atoms with Gasteiger partial charge in [0.25, 0.3) is 5.91 Å². The van der Waals surface area contributed by atoms with Gasteiger partial charge in [0, 0.05) is 23.4 Å². The van der Waals surface area contributed by atoms with Crippen molar-refractivity contribution in [2.45, 2.75) is 0 Å². The number of carbonyl (C=O) groups is 1. The van der Waals surface area contributed by atoms with Crippen LogP contribution in [-0.4, -0.2) is 10.9 Å². The number of nitrogens with zero attached hydrogens (tertiary/aromatic N) is 1. The molecule has 1 N–H and O–H groups in total. The first-order chi connectivity index (χ1) is 11.7. The van der Waals surface area contributed by atoms with Crippen molar-refractivity contribution in [1.82, 2.24) is 4.98 Å². The summed E-state index contributed by atoms with van der Waals surface area (Å²) in [5.74, 6) is 0.215. The van der Waals surface area contributed by atoms with E-state index in [0.717, 1.165) is 0 Å². The fourth-order valence-corrected chi connectivity index (χ4v) is 2.48. The molecule has 5 heteroatoms. The highest BCUT2D eigenvalue weighted by Gasteiger charge is 2.11. The highest BCUT2D eigenvalue weighted by molar-refractivity contribution is 6.04. The highest BCUT2D eigenvalue weighted by Crippen LogP contribution is 2.25. The molecule has 5 nitrogen and oxygen atoms in total. The number of benzene rings is 3. The van der Waals surface area contributed by atoms with E-state index < -0.39 is 0 Å². The molecular weight excluding hydrogens is 304 g/mol. The highest BCUT2D eigenvalue weighted by atomic mass is 16.3. The van der Waals surface area contributed by atoms with Gasteiger partial charge in [-0.05, 0) is 36.4 Å². The summed E-state index contributed by atoms with van der Waals surface area (Å²) in [6.45, 7) is 0. The van der Waals surface area contributed by atoms with Crippen LogP contribution in [0.1, 0.15) is 10.4 Å². The van der Waals surface area contributed by atoms with Gasteiger partial charge in [0.15, 0.2) is 16.8 Å². The molecule has 0 fully saturated rings. The van der Waals surface area contributed by atoms with Crippen molar-refractivity contribution < 1.29 is 9.21 Å². The van der Waals surface area contributed by atoms with Gasteiger partial charge in [0.1, 0.15) is 11.2 Å². The molecule has 0 saturated heterocycles. The van der Waals surface area contributed by atoms with Crippen molar-refractivity contribution in [3.05, 3.63) is 82.5 Å². The van der Waals surface area contributed by atoms with E-state index in [4.69, 9.17) is 4.42 Å². The van der Waals surface area contributed by atoms with E-state index in [1.54, 1.807) is 48.5 Å². The first-order valence-corrected chi connectivity index (χ1v) is 7.40. The summed E-state index contributed by atoms with van der Waals surface area (Å²) in [4.78, 5) is 28.1. The first-order valence-electron chi connectivity index (χ1n) is 7.40. The van der Waals surface area contributed by atoms with Crippen LogP contribution in [0.5, 0.6) is 0 Å². The topological polar surface area (TPSA) is 72.2 Å². The molecule has 0 bridgehead atoms. The lowest BCUT2D eigenvalue weighted by Gasteiger charge is -2.08. The number of amides is 1. The fraction of sp³-hybridized carbons (Fsp3) is 0. The number of hydrogen-bond acceptors (Lipinski definition) is 4. The van der Waals surface area contributed by atoms with Crippen LogP contribution in [0.15, 0.2) is 75.9 Å². The van der Waals surface area contributed by atoms with Crippen LogP contribution < -0.4 is 10.7 Å². The van der Waals surface area contributed by atoms with E-state index in [9.17, 15) is 9.59 Å². The second-order valence-electron chi connectivity index (χ2n) is 5.35. The van der Waals surface area contributed by atoms with Gasteiger partial charge in [-0.3, -0.25) is 9.59 Å². The Morgan fingerprint density at radius 2 is 1.79 bits per heavy atom. The Balaban J connectivity index is 1.73. The second kappa shape index (κ2) is 5.62. The van der Waals surface area contributed by atoms with Crippen LogP contribution in [0, 0.1) is 0 Å². The zero-order valence-corrected chi connectivity index (χ0v) is 12.5. The normalized spacial score (nSPS) is 10.8. The summed E-state index contributed by atoms with van der Waals surface area (Å²) in [7, 11) is 0. The minimum atomic E-state index is -0.203. The zero-order chi connectivity index (χ0) is 16.5. The number of anilines is 1. The molecule has 116 valence electrons. The summed E-state index contributed by atoms with van der Waals surface area (Å²) in [5, 5.41) is 2.82. The molecule has 2 aromatic rings. The summed E-state index contributed by atoms with van der Waals surface area (Å²) in [6, 6.07) is 18.7. The Kier molecular flexibility index (Phi) is 3.31. The molecule has 0 unspecified atom stereocenters. The third-order valence-electron chi connectivity index (χ3n) is 3.65. The minimum Gasteiger partial charge on any atom is -0.453 e. The number of hydrogen-bond donors (Lipinski definition) is 1. The molecule has 1 aliphatic heterocycles. The fourth-order valence-electron chi connectivity index (χ4n) is 2.48. The van der Waals surface area contributed by atoms with Gasteiger partial charge < -0.3 is 9.73 Å². The molecule has 1 heterocycles. The molecule has 0 saturated carbocycles. The zero-order valence-electron chi connectivity index (χ0n) is 12.5. The molecule has 2 aliphatic rings. The molecule has 0 radical (unpaired) electrons. The van der Waals surface area contributed by atoms with Gasteiger partial charge in [-0.15, -0.1) is 0 Å². The van der Waals surface area contributed by atoms with E-state index in [-0.39, 0.29) is 11.3 Å². The molecule has 4 rings (SSSR count). The van der Waals surface area contributed by atoms with Crippen LogP contribution in [0.2, 0.25) is 0 Å². The van der Waals surface area contributed by atoms with Gasteiger partial charge in [-0.25, -0.2) is 4.98 Å². The SMILES string of the molecule is O=C(Nc1ccc2nc3ccc(=O)cc-3oc2c1)c1ccccc1. The molecule has 1 aliphatic carbocycles. The van der Waals surface area contributed by atoms with Gasteiger partial charge in [-0.2, -0.15) is 0 Å². The Morgan fingerprint density at radius 1 is 0.958 bits per heavy atom. The van der Waals surface area contributed by atoms with Crippen LogP contribution in [-0.2, 0) is 0 Å². The molecule has 0 atom stereocenters. The number of nitrogens with one attached hydrogen (secondary N) is 1. The predicted octanol–water partition coefficient (Wildman–Crippen LogP) is 3.55. The van der Waals surface area contributed by atoms with E-state index >= 15 is 0 Å². The minimum absolute atomic E-state index is 0.138. The van der Waals surface area contributed by atoms with Gasteiger partial charge in [-0.1, -0.05) is 18.2 Å². The number of carbonyl (C=O) groups excluding carboxylic acids is 1. The summed E-state index contributed by atoms with van der Waals surface area (Å²) < 4.78 is 5.74. The van der Waals surface area contributed by atoms with Crippen LogP contribution in [0.25, 0.3) is 22.6 Å². The third kappa shape index (κ3) is 2.63. The van der Waals surface area contributed by atoms with Crippen LogP contribution in [0.3, 0.4) is 0 Å². The van der Waals surface area contributed by atoms with Gasteiger partial charge in [0.2, 0.25) is 0 Å². The smallest absolute Gasteiger partial charge is 0.255 e. The third-order valence-corrected chi connectivity index (χ3v) is 3.65. The van der Waals surface area contributed by atoms with Crippen molar-refractivity contribution >= 4 is 22.7 Å². The largest absolute Gasteiger partial charge is 0.453 e. The van der Waals surface area contributed by atoms with Crippen molar-refractivity contribution in [2.24, 2.45) is 0 Å². The van der Waals surface area contributed by atoms with Crippen molar-refractivity contribution in [2.75, 3.05) is 5.32 Å². The maximum Gasteiger partial charge on any atom is 0.255 e. The van der Waals surface area contributed by atoms with Crippen LogP contribution in [0.4, 0.5) is 5.69 Å². The average Bonchev–Trinajstić information content (AvgIpc) is 2.60. The molecule has 1 amide bonds. The maximum absolute atomic E-state index is 12.2. The molecule has 24 heavy (non-hydrogen) atoms. The summed E-state index contributed by atoms with van der Waals surface area (Å²) in [6.07, 6.45) is 0. The quantitative estimate of drug-likeness (QED) is 0.574. The van der Waals surface area contributed by atoms with E-state index in [1.807, 2.05) is 6.07 Å². The Morgan fingerprint density at radius 3 is 2.62 bits per heavy atom. The predicted molar refractivity (Wildman–Crippen MR) is 91.3 cm³/mol. The summed E-state index contributed by atoms with van der Waals surface area (Å²) in [5.41, 5.74) is 2.80. The Labute approximate surface area is 136 Å². The monoisotopic (exact) mass is 316 g/mol. The van der Waals surface area contributed by atoms with E-state index in [0.29, 0.717) is 33.8 Å². The van der Waals surface area contributed by atoms with Gasteiger partial charge in [0.05, 0.1) is 0 Å². The molecule has 0 spiro atoms. The molecule has 2 aromatic carbocycles. The summed E-state index contributed by atoms with van der Waals surface area (Å²) >= 11 is 0. The van der Waals surface area contributed by atoms with E-state index in [1.165, 1.54) is 12.1 Å². The van der Waals surface area contributed by atoms with Crippen molar-refractivity contribution in [3.8, 4) is 11.5 Å². The second-order valence-corrected chi connectivity index (χ2v) is 5.35. The molecular formula is C19H12N2O3. The standard InChI is InChI=1S/C19H12N2O3/c22-14-7-9-16-18(11-14)24-17-10-13(6-8-15(17)21-16)20-19(23)12-4-2-1-3-5-12/h1-11H,(H,20,23). The van der Waals surface area contributed by atoms with Crippen molar-refractivity contribution in [1.29, 1.82) is 0 Å². The average molecular weight is 316 g/mol. The first kappa shape index (κ1) is 14.1. The Bertz CT molecular complexity index is 1070. The van der Waals surface area contributed by atoms with Gasteiger partial charge >= 0.3 is 0 Å². The molecule has 0 aromatic heterocycles. The van der Waals surface area contributed by atoms with Crippen LogP contribution >= 0.6 is 0 Å². The maximum atomic E-state index is 12.2. The lowest BCUT2D eigenvalue weighted by molar-refractivity contribution is 0.102. The lowest BCUT2D eigenvalue weighted by atomic mass is 10.2. The lowest BCUT2D eigenvalue weighted by Crippen LogP contribution is -2.11. The number of fused-ring (bicyclic) bond motifs is 2. The van der Waals surface area contributed by atoms with Crippen molar-refractivity contribution in [3.63, 3.8) is 0 Å². The number of rotatable bonds is 2.